The molecule has 3 aromatic rings. The Balaban J connectivity index is 1.85. The van der Waals surface area contributed by atoms with Gasteiger partial charge in [0, 0.05) is 21.6 Å². The lowest BCUT2D eigenvalue weighted by Crippen LogP contribution is -2.07. The van der Waals surface area contributed by atoms with E-state index in [1.54, 1.807) is 12.3 Å². The maximum atomic E-state index is 13.1. The maximum Gasteiger partial charge on any atom is 0.124 e. The van der Waals surface area contributed by atoms with E-state index in [0.29, 0.717) is 0 Å². The smallest absolute Gasteiger partial charge is 0.124 e. The van der Waals surface area contributed by atoms with Crippen LogP contribution >= 0.6 is 15.9 Å². The van der Waals surface area contributed by atoms with Crippen molar-refractivity contribution in [3.05, 3.63) is 58.4 Å². The monoisotopic (exact) mass is 333 g/mol. The molecule has 0 fully saturated rings. The van der Waals surface area contributed by atoms with Crippen LogP contribution in [0.5, 0.6) is 0 Å². The van der Waals surface area contributed by atoms with Crippen LogP contribution in [0.25, 0.3) is 10.9 Å². The lowest BCUT2D eigenvalue weighted by atomic mass is 10.1. The average molecular weight is 334 g/mol. The van der Waals surface area contributed by atoms with E-state index < -0.39 is 0 Å². The zero-order valence-corrected chi connectivity index (χ0v) is 12.4. The number of benzene rings is 2. The van der Waals surface area contributed by atoms with Crippen LogP contribution in [0.4, 0.5) is 10.1 Å². The SMILES string of the molecule is CC(Nc1ccc2cn[nH]c2c1)c1ccc(F)cc1Br. The van der Waals surface area contributed by atoms with Crippen LogP contribution in [0.15, 0.2) is 47.1 Å². The Kier molecular flexibility index (Phi) is 3.44. The molecule has 0 amide bonds. The van der Waals surface area contributed by atoms with Crippen molar-refractivity contribution in [1.29, 1.82) is 0 Å². The predicted octanol–water partition coefficient (Wildman–Crippen LogP) is 4.64. The maximum absolute atomic E-state index is 13.1. The molecule has 5 heteroatoms. The van der Waals surface area contributed by atoms with E-state index in [9.17, 15) is 4.39 Å². The lowest BCUT2D eigenvalue weighted by molar-refractivity contribution is 0.625. The number of fused-ring (bicyclic) bond motifs is 1. The quantitative estimate of drug-likeness (QED) is 0.733. The summed E-state index contributed by atoms with van der Waals surface area (Å²) in [5.74, 6) is -0.244. The molecule has 0 aliphatic carbocycles. The highest BCUT2D eigenvalue weighted by Gasteiger charge is 2.10. The van der Waals surface area contributed by atoms with Crippen molar-refractivity contribution < 1.29 is 4.39 Å². The molecule has 102 valence electrons. The molecule has 1 atom stereocenters. The minimum absolute atomic E-state index is 0.0605. The van der Waals surface area contributed by atoms with E-state index in [2.05, 4.69) is 31.4 Å². The molecule has 0 saturated heterocycles. The Bertz CT molecular complexity index is 754. The van der Waals surface area contributed by atoms with Gasteiger partial charge in [0.1, 0.15) is 5.82 Å². The number of nitrogens with zero attached hydrogens (tertiary/aromatic N) is 1. The molecule has 0 saturated carbocycles. The van der Waals surface area contributed by atoms with Gasteiger partial charge in [-0.05, 0) is 42.8 Å². The second-order valence-electron chi connectivity index (χ2n) is 4.70. The molecule has 0 aliphatic heterocycles. The first-order valence-electron chi connectivity index (χ1n) is 6.28. The first kappa shape index (κ1) is 13.1. The molecule has 3 rings (SSSR count). The number of anilines is 1. The second kappa shape index (κ2) is 5.25. The van der Waals surface area contributed by atoms with E-state index >= 15 is 0 Å². The standard InChI is InChI=1S/C15H13BrFN3/c1-9(13-5-3-11(17)6-14(13)16)19-12-4-2-10-8-18-20-15(10)7-12/h2-9,19H,1H3,(H,18,20). The molecule has 0 aliphatic rings. The minimum atomic E-state index is -0.244. The Morgan fingerprint density at radius 2 is 2.10 bits per heavy atom. The highest BCUT2D eigenvalue weighted by Crippen LogP contribution is 2.27. The van der Waals surface area contributed by atoms with Crippen LogP contribution in [-0.4, -0.2) is 10.2 Å². The second-order valence-corrected chi connectivity index (χ2v) is 5.56. The van der Waals surface area contributed by atoms with Gasteiger partial charge >= 0.3 is 0 Å². The summed E-state index contributed by atoms with van der Waals surface area (Å²) >= 11 is 3.40. The van der Waals surface area contributed by atoms with E-state index in [-0.39, 0.29) is 11.9 Å². The molecule has 0 bridgehead atoms. The van der Waals surface area contributed by atoms with Crippen molar-refractivity contribution >= 4 is 32.5 Å². The topological polar surface area (TPSA) is 40.7 Å². The van der Waals surface area contributed by atoms with Gasteiger partial charge in [0.2, 0.25) is 0 Å². The molecular formula is C15H13BrFN3. The number of aromatic amines is 1. The van der Waals surface area contributed by atoms with Crippen LogP contribution in [0.3, 0.4) is 0 Å². The number of hydrogen-bond acceptors (Lipinski definition) is 2. The van der Waals surface area contributed by atoms with E-state index in [4.69, 9.17) is 0 Å². The van der Waals surface area contributed by atoms with E-state index in [1.165, 1.54) is 12.1 Å². The largest absolute Gasteiger partial charge is 0.378 e. The highest BCUT2D eigenvalue weighted by atomic mass is 79.9. The number of H-pyrrole nitrogens is 1. The summed E-state index contributed by atoms with van der Waals surface area (Å²) in [6, 6.07) is 10.8. The van der Waals surface area contributed by atoms with Crippen LogP contribution < -0.4 is 5.32 Å². The van der Waals surface area contributed by atoms with Crippen molar-refractivity contribution in [2.45, 2.75) is 13.0 Å². The van der Waals surface area contributed by atoms with Crippen LogP contribution in [-0.2, 0) is 0 Å². The third-order valence-electron chi connectivity index (χ3n) is 3.25. The molecule has 1 unspecified atom stereocenters. The van der Waals surface area contributed by atoms with Gasteiger partial charge in [-0.1, -0.05) is 22.0 Å². The first-order chi connectivity index (χ1) is 9.63. The molecule has 2 N–H and O–H groups in total. The molecule has 3 nitrogen and oxygen atoms in total. The number of nitrogens with one attached hydrogen (secondary N) is 2. The van der Waals surface area contributed by atoms with Crippen molar-refractivity contribution in [2.75, 3.05) is 5.32 Å². The third kappa shape index (κ3) is 2.54. The molecule has 0 radical (unpaired) electrons. The van der Waals surface area contributed by atoms with Gasteiger partial charge in [-0.2, -0.15) is 5.10 Å². The minimum Gasteiger partial charge on any atom is -0.378 e. The summed E-state index contributed by atoms with van der Waals surface area (Å²) in [6.07, 6.45) is 1.79. The summed E-state index contributed by atoms with van der Waals surface area (Å²) < 4.78 is 13.9. The summed E-state index contributed by atoms with van der Waals surface area (Å²) in [4.78, 5) is 0. The van der Waals surface area contributed by atoms with Crippen LogP contribution in [0.2, 0.25) is 0 Å². The molecular weight excluding hydrogens is 321 g/mol. The molecule has 0 spiro atoms. The summed E-state index contributed by atoms with van der Waals surface area (Å²) in [5.41, 5.74) is 2.99. The zero-order valence-electron chi connectivity index (χ0n) is 10.8. The van der Waals surface area contributed by atoms with Gasteiger partial charge in [0.05, 0.1) is 11.7 Å². The Morgan fingerprint density at radius 3 is 2.90 bits per heavy atom. The fourth-order valence-corrected chi connectivity index (χ4v) is 2.90. The van der Waals surface area contributed by atoms with Crippen molar-refractivity contribution in [2.24, 2.45) is 0 Å². The van der Waals surface area contributed by atoms with E-state index in [0.717, 1.165) is 26.6 Å². The Hall–Kier alpha value is -1.88. The van der Waals surface area contributed by atoms with Gasteiger partial charge in [-0.3, -0.25) is 5.10 Å². The highest BCUT2D eigenvalue weighted by molar-refractivity contribution is 9.10. The lowest BCUT2D eigenvalue weighted by Gasteiger charge is -2.17. The van der Waals surface area contributed by atoms with Gasteiger partial charge in [0.25, 0.3) is 0 Å². The van der Waals surface area contributed by atoms with E-state index in [1.807, 2.05) is 25.1 Å². The molecule has 20 heavy (non-hydrogen) atoms. The van der Waals surface area contributed by atoms with Gasteiger partial charge < -0.3 is 5.32 Å². The van der Waals surface area contributed by atoms with Crippen LogP contribution in [0.1, 0.15) is 18.5 Å². The van der Waals surface area contributed by atoms with Crippen molar-refractivity contribution in [3.63, 3.8) is 0 Å². The predicted molar refractivity (Wildman–Crippen MR) is 82.2 cm³/mol. The third-order valence-corrected chi connectivity index (χ3v) is 3.94. The van der Waals surface area contributed by atoms with Gasteiger partial charge in [0.15, 0.2) is 0 Å². The molecule has 1 aromatic heterocycles. The van der Waals surface area contributed by atoms with Crippen molar-refractivity contribution in [1.82, 2.24) is 10.2 Å². The normalized spacial score (nSPS) is 12.6. The summed E-state index contributed by atoms with van der Waals surface area (Å²) in [5, 5.41) is 11.4. The van der Waals surface area contributed by atoms with Crippen LogP contribution in [0, 0.1) is 5.82 Å². The number of hydrogen-bond donors (Lipinski definition) is 2. The summed E-state index contributed by atoms with van der Waals surface area (Å²) in [7, 11) is 0. The molecule has 2 aromatic carbocycles. The van der Waals surface area contributed by atoms with Gasteiger partial charge in [-0.25, -0.2) is 4.39 Å². The first-order valence-corrected chi connectivity index (χ1v) is 7.07. The van der Waals surface area contributed by atoms with Gasteiger partial charge in [-0.15, -0.1) is 0 Å². The Labute approximate surface area is 124 Å². The van der Waals surface area contributed by atoms with Crippen molar-refractivity contribution in [3.8, 4) is 0 Å². The zero-order chi connectivity index (χ0) is 14.1. The number of rotatable bonds is 3. The fourth-order valence-electron chi connectivity index (χ4n) is 2.21. The Morgan fingerprint density at radius 1 is 1.25 bits per heavy atom. The summed E-state index contributed by atoms with van der Waals surface area (Å²) in [6.45, 7) is 2.04. The molecule has 1 heterocycles. The number of halogens is 2. The fraction of sp³-hybridized carbons (Fsp3) is 0.133. The number of aromatic nitrogens is 2. The average Bonchev–Trinajstić information content (AvgIpc) is 2.85.